The van der Waals surface area contributed by atoms with Crippen LogP contribution >= 0.6 is 7.82 Å². The van der Waals surface area contributed by atoms with Crippen molar-refractivity contribution in [2.75, 3.05) is 19.8 Å². The van der Waals surface area contributed by atoms with E-state index in [9.17, 15) is 23.8 Å². The minimum absolute atomic E-state index is 0.169. The molecule has 0 heterocycles. The van der Waals surface area contributed by atoms with Crippen LogP contribution in [0.15, 0.2) is 0 Å². The fourth-order valence-electron chi connectivity index (χ4n) is 5.48. The fraction of sp³-hybridized carbons (Fsp3) is 0.919. The number of phosphoric acid groups is 1. The molecule has 0 aliphatic carbocycles. The average molecular weight is 722 g/mol. The molecule has 0 aliphatic rings. The van der Waals surface area contributed by atoms with Gasteiger partial charge in [-0.25, -0.2) is 4.57 Å². The summed E-state index contributed by atoms with van der Waals surface area (Å²) in [4.78, 5) is 45.7. The molecule has 12 heteroatoms. The number of nitrogens with two attached hydrogens (primary N) is 1. The number of aliphatic carboxylic acids is 1. The van der Waals surface area contributed by atoms with Crippen molar-refractivity contribution < 1.29 is 47.5 Å². The van der Waals surface area contributed by atoms with Crippen LogP contribution in [0.5, 0.6) is 0 Å². The van der Waals surface area contributed by atoms with Gasteiger partial charge in [0, 0.05) is 12.8 Å². The van der Waals surface area contributed by atoms with Crippen LogP contribution in [0.3, 0.4) is 0 Å². The second-order valence-corrected chi connectivity index (χ2v) is 14.9. The number of hydrogen-bond donors (Lipinski definition) is 3. The fourth-order valence-corrected chi connectivity index (χ4v) is 6.26. The Hall–Kier alpha value is -1.52. The number of phosphoric ester groups is 1. The van der Waals surface area contributed by atoms with Crippen LogP contribution in [0, 0.1) is 0 Å². The minimum atomic E-state index is -4.70. The van der Waals surface area contributed by atoms with Crippen molar-refractivity contribution in [2.24, 2.45) is 5.73 Å². The maximum atomic E-state index is 12.6. The van der Waals surface area contributed by atoms with Gasteiger partial charge >= 0.3 is 25.7 Å². The molecule has 0 bridgehead atoms. The van der Waals surface area contributed by atoms with Gasteiger partial charge in [-0.2, -0.15) is 0 Å². The van der Waals surface area contributed by atoms with Gasteiger partial charge in [0.2, 0.25) is 0 Å². The Bertz CT molecular complexity index is 859. The van der Waals surface area contributed by atoms with Gasteiger partial charge in [-0.15, -0.1) is 0 Å². The normalized spacial score (nSPS) is 13.9. The van der Waals surface area contributed by atoms with E-state index in [1.165, 1.54) is 109 Å². The van der Waals surface area contributed by atoms with E-state index in [4.69, 9.17) is 24.8 Å². The van der Waals surface area contributed by atoms with Crippen molar-refractivity contribution in [1.82, 2.24) is 0 Å². The molecule has 0 spiro atoms. The third-order valence-electron chi connectivity index (χ3n) is 8.61. The Morgan fingerprint density at radius 3 is 1.29 bits per heavy atom. The van der Waals surface area contributed by atoms with Crippen LogP contribution in [0.4, 0.5) is 0 Å². The van der Waals surface area contributed by atoms with Crippen LogP contribution in [-0.2, 0) is 37.5 Å². The van der Waals surface area contributed by atoms with Gasteiger partial charge in [0.15, 0.2) is 6.10 Å². The Labute approximate surface area is 297 Å². The van der Waals surface area contributed by atoms with Gasteiger partial charge in [0.1, 0.15) is 12.6 Å². The van der Waals surface area contributed by atoms with Gasteiger partial charge < -0.3 is 25.2 Å². The van der Waals surface area contributed by atoms with E-state index in [-0.39, 0.29) is 19.4 Å². The summed E-state index contributed by atoms with van der Waals surface area (Å²) in [6.45, 7) is 2.79. The highest BCUT2D eigenvalue weighted by Gasteiger charge is 2.28. The van der Waals surface area contributed by atoms with Crippen LogP contribution in [0.1, 0.15) is 187 Å². The van der Waals surface area contributed by atoms with E-state index in [1.807, 2.05) is 0 Å². The van der Waals surface area contributed by atoms with Gasteiger partial charge in [-0.1, -0.05) is 162 Å². The zero-order chi connectivity index (χ0) is 36.4. The van der Waals surface area contributed by atoms with Gasteiger partial charge in [-0.3, -0.25) is 23.4 Å². The van der Waals surface area contributed by atoms with Gasteiger partial charge in [0.05, 0.1) is 13.2 Å². The highest BCUT2D eigenvalue weighted by atomic mass is 31.2. The summed E-state index contributed by atoms with van der Waals surface area (Å²) < 4.78 is 32.5. The molecule has 11 nitrogen and oxygen atoms in total. The number of esters is 2. The van der Waals surface area contributed by atoms with Crippen molar-refractivity contribution in [1.29, 1.82) is 0 Å². The summed E-state index contributed by atoms with van der Waals surface area (Å²) in [5, 5.41) is 8.85. The molecule has 4 N–H and O–H groups in total. The molecule has 0 radical (unpaired) electrons. The predicted molar refractivity (Wildman–Crippen MR) is 194 cm³/mol. The molecule has 0 fully saturated rings. The van der Waals surface area contributed by atoms with Gasteiger partial charge in [-0.05, 0) is 12.8 Å². The Morgan fingerprint density at radius 2 is 0.898 bits per heavy atom. The zero-order valence-corrected chi connectivity index (χ0v) is 31.9. The predicted octanol–water partition coefficient (Wildman–Crippen LogP) is 9.56. The second-order valence-electron chi connectivity index (χ2n) is 13.4. The van der Waals surface area contributed by atoms with Crippen LogP contribution in [0.25, 0.3) is 0 Å². The quantitative estimate of drug-likeness (QED) is 0.0317. The number of hydrogen-bond acceptors (Lipinski definition) is 9. The van der Waals surface area contributed by atoms with Crippen molar-refractivity contribution >= 4 is 25.7 Å². The Kier molecular flexibility index (Phi) is 32.6. The first kappa shape index (κ1) is 47.5. The van der Waals surface area contributed by atoms with E-state index < -0.39 is 51.1 Å². The third kappa shape index (κ3) is 33.4. The Balaban J connectivity index is 4.38. The molecule has 3 atom stereocenters. The van der Waals surface area contributed by atoms with Crippen LogP contribution in [-0.4, -0.2) is 59.9 Å². The SMILES string of the molecule is CCCCCCCCCCCCCCCCCC(=O)OC(COC(=O)CCCCCCCCCCCC)COP(=O)(O)OCC(N)C(=O)O. The van der Waals surface area contributed by atoms with Crippen molar-refractivity contribution in [3.63, 3.8) is 0 Å². The summed E-state index contributed by atoms with van der Waals surface area (Å²) in [7, 11) is -4.70. The number of ether oxygens (including phenoxy) is 2. The van der Waals surface area contributed by atoms with Crippen LogP contribution < -0.4 is 5.73 Å². The number of carbonyl (C=O) groups is 3. The van der Waals surface area contributed by atoms with Gasteiger partial charge in [0.25, 0.3) is 0 Å². The number of carboxylic acids is 1. The first-order valence-electron chi connectivity index (χ1n) is 19.6. The van der Waals surface area contributed by atoms with E-state index in [2.05, 4.69) is 18.4 Å². The number of carboxylic acid groups (broad SMARTS) is 1. The van der Waals surface area contributed by atoms with Crippen LogP contribution in [0.2, 0.25) is 0 Å². The summed E-state index contributed by atoms with van der Waals surface area (Å²) in [6.07, 6.45) is 28.9. The molecule has 0 saturated heterocycles. The molecule has 0 aromatic carbocycles. The number of carbonyl (C=O) groups excluding carboxylic acids is 2. The van der Waals surface area contributed by atoms with E-state index in [1.54, 1.807) is 0 Å². The largest absolute Gasteiger partial charge is 0.480 e. The molecule has 0 aromatic heterocycles. The first-order valence-corrected chi connectivity index (χ1v) is 21.1. The standard InChI is InChI=1S/C37H72NO10P/c1-3-5-7-9-11-13-15-16-17-18-19-21-23-25-27-29-36(40)48-33(31-46-49(43,44)47-32-34(38)37(41)42)30-45-35(39)28-26-24-22-20-14-12-10-8-6-4-2/h33-34H,3-32,38H2,1-2H3,(H,41,42)(H,43,44). The maximum Gasteiger partial charge on any atom is 0.472 e. The van der Waals surface area contributed by atoms with E-state index in [0.29, 0.717) is 12.8 Å². The highest BCUT2D eigenvalue weighted by Crippen LogP contribution is 2.43. The number of unbranched alkanes of at least 4 members (excludes halogenated alkanes) is 23. The Morgan fingerprint density at radius 1 is 0.551 bits per heavy atom. The molecule has 0 aliphatic heterocycles. The summed E-state index contributed by atoms with van der Waals surface area (Å²) in [6, 6.07) is -1.51. The molecule has 49 heavy (non-hydrogen) atoms. The third-order valence-corrected chi connectivity index (χ3v) is 9.56. The molecule has 0 aromatic rings. The summed E-state index contributed by atoms with van der Waals surface area (Å²) in [5.74, 6) is -2.37. The molecule has 290 valence electrons. The zero-order valence-electron chi connectivity index (χ0n) is 31.1. The summed E-state index contributed by atoms with van der Waals surface area (Å²) in [5.41, 5.74) is 5.31. The van der Waals surface area contributed by atoms with Crippen molar-refractivity contribution in [3.05, 3.63) is 0 Å². The van der Waals surface area contributed by atoms with E-state index >= 15 is 0 Å². The first-order chi connectivity index (χ1) is 23.6. The summed E-state index contributed by atoms with van der Waals surface area (Å²) >= 11 is 0. The monoisotopic (exact) mass is 721 g/mol. The molecular formula is C37H72NO10P. The molecule has 0 rings (SSSR count). The molecule has 0 saturated carbocycles. The lowest BCUT2D eigenvalue weighted by Gasteiger charge is -2.20. The molecule has 0 amide bonds. The lowest BCUT2D eigenvalue weighted by molar-refractivity contribution is -0.161. The van der Waals surface area contributed by atoms with Crippen molar-refractivity contribution in [3.8, 4) is 0 Å². The smallest absolute Gasteiger partial charge is 0.472 e. The van der Waals surface area contributed by atoms with Crippen molar-refractivity contribution in [2.45, 2.75) is 199 Å². The van der Waals surface area contributed by atoms with E-state index in [0.717, 1.165) is 38.5 Å². The second kappa shape index (κ2) is 33.6. The lowest BCUT2D eigenvalue weighted by Crippen LogP contribution is -2.34. The molecule has 3 unspecified atom stereocenters. The highest BCUT2D eigenvalue weighted by molar-refractivity contribution is 7.47. The minimum Gasteiger partial charge on any atom is -0.480 e. The molecular weight excluding hydrogens is 649 g/mol. The number of rotatable bonds is 37. The lowest BCUT2D eigenvalue weighted by atomic mass is 10.0. The maximum absolute atomic E-state index is 12.6. The topological polar surface area (TPSA) is 172 Å². The average Bonchev–Trinajstić information content (AvgIpc) is 3.07.